The third-order valence-electron chi connectivity index (χ3n) is 5.95. The van der Waals surface area contributed by atoms with Gasteiger partial charge in [0, 0.05) is 37.0 Å². The van der Waals surface area contributed by atoms with Crippen molar-refractivity contribution in [3.8, 4) is 5.69 Å². The summed E-state index contributed by atoms with van der Waals surface area (Å²) in [7, 11) is -0.690. The Bertz CT molecular complexity index is 1460. The number of rotatable bonds is 4. The van der Waals surface area contributed by atoms with Gasteiger partial charge in [0.25, 0.3) is 0 Å². The molecule has 0 aliphatic carbocycles. The van der Waals surface area contributed by atoms with E-state index in [2.05, 4.69) is 9.97 Å². The summed E-state index contributed by atoms with van der Waals surface area (Å²) in [6, 6.07) is 7.11. The molecule has 0 bridgehead atoms. The van der Waals surface area contributed by atoms with Crippen molar-refractivity contribution in [3.05, 3.63) is 59.6 Å². The molecule has 1 fully saturated rings. The summed E-state index contributed by atoms with van der Waals surface area (Å²) < 4.78 is 47.7. The maximum Gasteiger partial charge on any atom is 0.494 e. The van der Waals surface area contributed by atoms with E-state index in [1.165, 1.54) is 12.3 Å². The molecule has 35 heavy (non-hydrogen) atoms. The molecule has 1 saturated heterocycles. The molecule has 10 heteroatoms. The highest BCUT2D eigenvalue weighted by Crippen LogP contribution is 2.31. The predicted molar refractivity (Wildman–Crippen MR) is 128 cm³/mol. The number of esters is 1. The van der Waals surface area contributed by atoms with Gasteiger partial charge in [0.2, 0.25) is 0 Å². The zero-order chi connectivity index (χ0) is 24.9. The average Bonchev–Trinajstić information content (AvgIpc) is 3.13. The summed E-state index contributed by atoms with van der Waals surface area (Å²) in [6.07, 6.45) is 1.48. The van der Waals surface area contributed by atoms with Crippen molar-refractivity contribution in [2.45, 2.75) is 27.7 Å². The molecule has 0 spiro atoms. The van der Waals surface area contributed by atoms with Crippen molar-refractivity contribution in [1.82, 2.24) is 14.5 Å². The average molecular weight is 479 g/mol. The first kappa shape index (κ1) is 23.4. The van der Waals surface area contributed by atoms with E-state index in [0.717, 1.165) is 6.07 Å². The van der Waals surface area contributed by atoms with Crippen molar-refractivity contribution < 1.29 is 27.6 Å². The Kier molecular flexibility index (Phi) is 5.81. The first-order valence-corrected chi connectivity index (χ1v) is 11.4. The molecule has 3 heterocycles. The fourth-order valence-corrected chi connectivity index (χ4v) is 4.38. The number of hydrogen-bond donors (Lipinski definition) is 0. The van der Waals surface area contributed by atoms with Gasteiger partial charge in [0.15, 0.2) is 0 Å². The van der Waals surface area contributed by atoms with Crippen LogP contribution in [0, 0.1) is 24.0 Å². The number of ether oxygens (including phenoxy) is 1. The lowest BCUT2D eigenvalue weighted by Gasteiger charge is -2.33. The van der Waals surface area contributed by atoms with Crippen LogP contribution in [0.2, 0.25) is 0 Å². The van der Waals surface area contributed by atoms with E-state index in [-0.39, 0.29) is 28.5 Å². The Morgan fingerprint density at radius 2 is 1.94 bits per heavy atom. The molecule has 0 saturated carbocycles. The Morgan fingerprint density at radius 3 is 2.66 bits per heavy atom. The van der Waals surface area contributed by atoms with E-state index in [0.29, 0.717) is 41.2 Å². The molecule has 4 aromatic rings. The number of hydrogen-bond acceptors (Lipinski definition) is 6. The quantitative estimate of drug-likeness (QED) is 0.324. The van der Waals surface area contributed by atoms with Crippen LogP contribution in [-0.2, 0) is 14.0 Å². The number of aromatic nitrogens is 3. The van der Waals surface area contributed by atoms with Gasteiger partial charge in [0.05, 0.1) is 34.3 Å². The number of halogens is 2. The lowest BCUT2D eigenvalue weighted by Crippen LogP contribution is -2.47. The van der Waals surface area contributed by atoms with E-state index in [1.807, 2.05) is 19.9 Å². The number of carbonyl (C=O) groups excluding carboxylic acids is 1. The van der Waals surface area contributed by atoms with Gasteiger partial charge in [0.1, 0.15) is 23.0 Å². The van der Waals surface area contributed by atoms with Gasteiger partial charge in [-0.1, -0.05) is 13.8 Å². The van der Waals surface area contributed by atoms with Crippen molar-refractivity contribution in [2.24, 2.45) is 5.41 Å². The van der Waals surface area contributed by atoms with Crippen LogP contribution >= 0.6 is 0 Å². The molecule has 1 aliphatic heterocycles. The number of nitrogens with zero attached hydrogens (tertiary/aromatic N) is 3. The molecule has 0 unspecified atom stereocenters. The highest BCUT2D eigenvalue weighted by atomic mass is 19.1. The Hall–Kier alpha value is -3.37. The molecule has 0 N–H and O–H groups in total. The van der Waals surface area contributed by atoms with Crippen molar-refractivity contribution in [3.63, 3.8) is 0 Å². The number of aryl methyl sites for hydroxylation is 1. The highest BCUT2D eigenvalue weighted by Gasteiger charge is 2.35. The van der Waals surface area contributed by atoms with Gasteiger partial charge < -0.3 is 14.0 Å². The second-order valence-electron chi connectivity index (χ2n) is 9.38. The number of carbonyl (C=O) groups is 1. The Morgan fingerprint density at radius 1 is 1.20 bits per heavy atom. The normalized spacial score (nSPS) is 15.7. The molecular weight excluding hydrogens is 455 g/mol. The second kappa shape index (κ2) is 8.69. The number of fused-ring (bicyclic) bond motifs is 2. The zero-order valence-electron chi connectivity index (χ0n) is 19.9. The molecule has 0 atom stereocenters. The first-order chi connectivity index (χ1) is 16.7. The predicted octanol–water partition coefficient (Wildman–Crippen LogP) is 4.11. The molecular formula is C25H24BF2N3O4. The molecule has 1 aliphatic rings. The van der Waals surface area contributed by atoms with Crippen LogP contribution in [0.15, 0.2) is 36.5 Å². The molecule has 180 valence electrons. The van der Waals surface area contributed by atoms with Gasteiger partial charge in [-0.05, 0) is 37.5 Å². The van der Waals surface area contributed by atoms with Crippen LogP contribution in [0.5, 0.6) is 0 Å². The van der Waals surface area contributed by atoms with Crippen LogP contribution in [0.1, 0.15) is 37.0 Å². The Balaban J connectivity index is 1.76. The van der Waals surface area contributed by atoms with Crippen molar-refractivity contribution in [1.29, 1.82) is 0 Å². The monoisotopic (exact) mass is 479 g/mol. The minimum absolute atomic E-state index is 0.133. The fourth-order valence-electron chi connectivity index (χ4n) is 4.38. The standard InChI is InChI=1S/C25H24BF2N3O4/c1-5-33-24(32)17-8-15(26-34-12-25(3,4)13-35-26)9-21-23(17)30-14(2)31(21)20-6-7-29-19-11-16(27)10-18(28)22(19)20/h6-11H,5,12-13H2,1-4H3. The minimum atomic E-state index is -0.743. The third kappa shape index (κ3) is 4.17. The summed E-state index contributed by atoms with van der Waals surface area (Å²) in [4.78, 5) is 21.6. The van der Waals surface area contributed by atoms with E-state index in [9.17, 15) is 13.6 Å². The van der Waals surface area contributed by atoms with Crippen molar-refractivity contribution >= 4 is 40.5 Å². The number of benzene rings is 2. The lowest BCUT2D eigenvalue weighted by molar-refractivity contribution is 0.0343. The van der Waals surface area contributed by atoms with E-state index in [4.69, 9.17) is 14.0 Å². The summed E-state index contributed by atoms with van der Waals surface area (Å²) in [5, 5.41) is 0.145. The lowest BCUT2D eigenvalue weighted by atomic mass is 9.75. The van der Waals surface area contributed by atoms with Gasteiger partial charge in [-0.2, -0.15) is 0 Å². The Labute approximate surface area is 201 Å². The number of imidazole rings is 1. The molecule has 5 rings (SSSR count). The van der Waals surface area contributed by atoms with E-state index >= 15 is 0 Å². The molecule has 0 amide bonds. The maximum absolute atomic E-state index is 15.0. The molecule has 0 radical (unpaired) electrons. The molecule has 2 aromatic heterocycles. The first-order valence-electron chi connectivity index (χ1n) is 11.4. The summed E-state index contributed by atoms with van der Waals surface area (Å²) >= 11 is 0. The van der Waals surface area contributed by atoms with Crippen LogP contribution in [0.25, 0.3) is 27.6 Å². The third-order valence-corrected chi connectivity index (χ3v) is 5.95. The van der Waals surface area contributed by atoms with Crippen molar-refractivity contribution in [2.75, 3.05) is 19.8 Å². The second-order valence-corrected chi connectivity index (χ2v) is 9.38. The molecule has 7 nitrogen and oxygen atoms in total. The summed E-state index contributed by atoms with van der Waals surface area (Å²) in [5.41, 5.74) is 2.26. The van der Waals surface area contributed by atoms with Crippen LogP contribution in [0.4, 0.5) is 8.78 Å². The topological polar surface area (TPSA) is 75.5 Å². The molecule has 2 aromatic carbocycles. The highest BCUT2D eigenvalue weighted by molar-refractivity contribution is 6.62. The van der Waals surface area contributed by atoms with E-state index < -0.39 is 24.7 Å². The SMILES string of the molecule is CCOC(=O)c1cc(B2OCC(C)(C)CO2)cc2c1nc(C)n2-c1ccnc2cc(F)cc(F)c12. The van der Waals surface area contributed by atoms with Gasteiger partial charge >= 0.3 is 13.1 Å². The maximum atomic E-state index is 15.0. The zero-order valence-corrected chi connectivity index (χ0v) is 19.9. The number of pyridine rings is 1. The van der Waals surface area contributed by atoms with E-state index in [1.54, 1.807) is 30.5 Å². The smallest absolute Gasteiger partial charge is 0.462 e. The van der Waals surface area contributed by atoms with Crippen LogP contribution in [-0.4, -0.2) is 47.4 Å². The van der Waals surface area contributed by atoms with Crippen LogP contribution < -0.4 is 5.46 Å². The summed E-state index contributed by atoms with van der Waals surface area (Å²) in [6.45, 7) is 8.72. The van der Waals surface area contributed by atoms with Gasteiger partial charge in [-0.15, -0.1) is 0 Å². The van der Waals surface area contributed by atoms with Gasteiger partial charge in [-0.25, -0.2) is 18.6 Å². The largest absolute Gasteiger partial charge is 0.494 e. The fraction of sp³-hybridized carbons (Fsp3) is 0.320. The van der Waals surface area contributed by atoms with Gasteiger partial charge in [-0.3, -0.25) is 9.55 Å². The van der Waals surface area contributed by atoms with Crippen LogP contribution in [0.3, 0.4) is 0 Å². The minimum Gasteiger partial charge on any atom is -0.462 e. The summed E-state index contributed by atoms with van der Waals surface area (Å²) in [5.74, 6) is -1.49.